The zero-order chi connectivity index (χ0) is 28.2. The van der Waals surface area contributed by atoms with Gasteiger partial charge in [0.25, 0.3) is 5.91 Å². The number of hydrogen-bond donors (Lipinski definition) is 0. The molecule has 1 amide bonds. The molecule has 1 heterocycles. The molecule has 0 unspecified atom stereocenters. The van der Waals surface area contributed by atoms with Crippen LogP contribution in [-0.4, -0.2) is 18.2 Å². The van der Waals surface area contributed by atoms with Crippen LogP contribution in [0.2, 0.25) is 10.0 Å². The zero-order valence-corrected chi connectivity index (χ0v) is 24.5. The maximum absolute atomic E-state index is 13.7. The molecule has 40 heavy (non-hydrogen) atoms. The molecule has 4 aromatic rings. The van der Waals surface area contributed by atoms with Crippen LogP contribution in [0.5, 0.6) is 11.5 Å². The molecule has 0 N–H and O–H groups in total. The Morgan fingerprint density at radius 1 is 0.875 bits per heavy atom. The number of rotatable bonds is 7. The molecule has 0 aromatic heterocycles. The van der Waals surface area contributed by atoms with Crippen molar-refractivity contribution in [3.05, 3.63) is 122 Å². The number of nitrogens with zero attached hydrogens (tertiary/aromatic N) is 2. The predicted octanol–water partition coefficient (Wildman–Crippen LogP) is 9.01. The van der Waals surface area contributed by atoms with Gasteiger partial charge in [-0.15, -0.1) is 0 Å². The van der Waals surface area contributed by atoms with Crippen molar-refractivity contribution in [2.75, 3.05) is 12.0 Å². The van der Waals surface area contributed by atoms with Crippen molar-refractivity contribution >= 4 is 63.5 Å². The Kier molecular flexibility index (Phi) is 8.50. The number of benzene rings is 4. The number of aliphatic imine (C=N–C) groups is 1. The molecule has 1 aliphatic rings. The van der Waals surface area contributed by atoms with Crippen LogP contribution in [0.3, 0.4) is 0 Å². The van der Waals surface area contributed by atoms with E-state index in [1.807, 2.05) is 92.7 Å². The molecular formula is C32H26Cl2N2O3S. The largest absolute Gasteiger partial charge is 0.493 e. The summed E-state index contributed by atoms with van der Waals surface area (Å²) in [5.41, 5.74) is 5.41. The minimum atomic E-state index is -0.142. The Morgan fingerprint density at radius 3 is 2.25 bits per heavy atom. The molecule has 1 aliphatic heterocycles. The van der Waals surface area contributed by atoms with Crippen LogP contribution in [-0.2, 0) is 11.4 Å². The maximum atomic E-state index is 13.7. The third kappa shape index (κ3) is 6.36. The Balaban J connectivity index is 1.43. The molecule has 0 spiro atoms. The quantitative estimate of drug-likeness (QED) is 0.202. The molecule has 8 heteroatoms. The number of carbonyl (C=O) groups is 1. The highest BCUT2D eigenvalue weighted by Gasteiger charge is 2.34. The summed E-state index contributed by atoms with van der Waals surface area (Å²) in [5.74, 6) is 0.958. The van der Waals surface area contributed by atoms with E-state index >= 15 is 0 Å². The first-order chi connectivity index (χ1) is 19.3. The van der Waals surface area contributed by atoms with Gasteiger partial charge in [0.05, 0.1) is 23.4 Å². The van der Waals surface area contributed by atoms with Crippen LogP contribution in [0, 0.1) is 13.8 Å². The third-order valence-electron chi connectivity index (χ3n) is 6.24. The van der Waals surface area contributed by atoms with Gasteiger partial charge in [-0.3, -0.25) is 9.69 Å². The summed E-state index contributed by atoms with van der Waals surface area (Å²) < 4.78 is 11.6. The van der Waals surface area contributed by atoms with Gasteiger partial charge in [-0.2, -0.15) is 0 Å². The lowest BCUT2D eigenvalue weighted by atomic mass is 10.1. The van der Waals surface area contributed by atoms with E-state index in [0.29, 0.717) is 31.6 Å². The van der Waals surface area contributed by atoms with Gasteiger partial charge in [0.2, 0.25) is 0 Å². The van der Waals surface area contributed by atoms with Crippen LogP contribution in [0.4, 0.5) is 11.4 Å². The van der Waals surface area contributed by atoms with E-state index in [2.05, 4.69) is 0 Å². The van der Waals surface area contributed by atoms with E-state index in [-0.39, 0.29) is 12.5 Å². The fraction of sp³-hybridized carbons (Fsp3) is 0.125. The fourth-order valence-electron chi connectivity index (χ4n) is 4.04. The lowest BCUT2D eigenvalue weighted by Crippen LogP contribution is -2.28. The number of ether oxygens (including phenoxy) is 2. The number of thioether (sulfide) groups is 1. The smallest absolute Gasteiger partial charge is 0.271 e. The highest BCUT2D eigenvalue weighted by atomic mass is 35.5. The number of amides is 1. The van der Waals surface area contributed by atoms with Crippen molar-refractivity contribution in [3.8, 4) is 11.5 Å². The number of carbonyl (C=O) groups excluding carboxylic acids is 1. The standard InChI is InChI=1S/C32H26Cl2N2O3S/c1-20-4-11-25(12-5-20)35-32-36(26-13-6-21(2)7-14-26)31(37)30(40-32)17-22-8-15-28(29(16-22)38-3)39-19-23-9-10-24(33)18-27(23)34/h4-18H,19H2,1-3H3/b30-17-,35-32?. The summed E-state index contributed by atoms with van der Waals surface area (Å²) >= 11 is 13.6. The molecule has 1 fully saturated rings. The monoisotopic (exact) mass is 588 g/mol. The average Bonchev–Trinajstić information content (AvgIpc) is 3.24. The molecule has 0 aliphatic carbocycles. The van der Waals surface area contributed by atoms with Gasteiger partial charge in [0, 0.05) is 15.6 Å². The number of halogens is 2. The first kappa shape index (κ1) is 27.8. The summed E-state index contributed by atoms with van der Waals surface area (Å²) in [5, 5.41) is 1.69. The number of aryl methyl sites for hydroxylation is 2. The minimum absolute atomic E-state index is 0.142. The van der Waals surface area contributed by atoms with E-state index < -0.39 is 0 Å². The third-order valence-corrected chi connectivity index (χ3v) is 7.80. The van der Waals surface area contributed by atoms with Crippen molar-refractivity contribution in [2.24, 2.45) is 4.99 Å². The van der Waals surface area contributed by atoms with E-state index in [0.717, 1.165) is 33.6 Å². The highest BCUT2D eigenvalue weighted by Crippen LogP contribution is 2.38. The number of hydrogen-bond acceptors (Lipinski definition) is 5. The average molecular weight is 590 g/mol. The lowest BCUT2D eigenvalue weighted by Gasteiger charge is -2.16. The summed E-state index contributed by atoms with van der Waals surface area (Å²) in [7, 11) is 1.58. The Hall–Kier alpha value is -3.71. The molecule has 0 radical (unpaired) electrons. The lowest BCUT2D eigenvalue weighted by molar-refractivity contribution is -0.113. The first-order valence-electron chi connectivity index (χ1n) is 12.5. The van der Waals surface area contributed by atoms with Crippen LogP contribution < -0.4 is 14.4 Å². The van der Waals surface area contributed by atoms with Crippen molar-refractivity contribution in [1.29, 1.82) is 0 Å². The number of amidine groups is 1. The molecule has 0 bridgehead atoms. The summed E-state index contributed by atoms with van der Waals surface area (Å²) in [6.07, 6.45) is 1.84. The summed E-state index contributed by atoms with van der Waals surface area (Å²) in [6, 6.07) is 26.6. The Morgan fingerprint density at radius 2 is 1.57 bits per heavy atom. The van der Waals surface area contributed by atoms with Crippen molar-refractivity contribution in [1.82, 2.24) is 0 Å². The molecule has 1 saturated heterocycles. The van der Waals surface area contributed by atoms with Gasteiger partial charge < -0.3 is 9.47 Å². The molecule has 0 atom stereocenters. The van der Waals surface area contributed by atoms with Gasteiger partial charge in [-0.1, -0.05) is 70.7 Å². The van der Waals surface area contributed by atoms with E-state index in [1.165, 1.54) is 11.8 Å². The van der Waals surface area contributed by atoms with Gasteiger partial charge in [0.1, 0.15) is 6.61 Å². The van der Waals surface area contributed by atoms with E-state index in [4.69, 9.17) is 37.7 Å². The Bertz CT molecular complexity index is 1620. The second-order valence-corrected chi connectivity index (χ2v) is 11.1. The van der Waals surface area contributed by atoms with Crippen LogP contribution in [0.25, 0.3) is 6.08 Å². The summed E-state index contributed by atoms with van der Waals surface area (Å²) in [6.45, 7) is 4.30. The van der Waals surface area contributed by atoms with E-state index in [9.17, 15) is 4.79 Å². The molecule has 4 aromatic carbocycles. The van der Waals surface area contributed by atoms with Crippen LogP contribution in [0.1, 0.15) is 22.3 Å². The second-order valence-electron chi connectivity index (χ2n) is 9.25. The summed E-state index contributed by atoms with van der Waals surface area (Å²) in [4.78, 5) is 20.7. The van der Waals surface area contributed by atoms with Gasteiger partial charge in [-0.25, -0.2) is 4.99 Å². The molecule has 5 nitrogen and oxygen atoms in total. The van der Waals surface area contributed by atoms with Crippen molar-refractivity contribution in [2.45, 2.75) is 20.5 Å². The van der Waals surface area contributed by atoms with Crippen molar-refractivity contribution in [3.63, 3.8) is 0 Å². The Labute approximate surface area is 248 Å². The highest BCUT2D eigenvalue weighted by molar-refractivity contribution is 8.19. The van der Waals surface area contributed by atoms with E-state index in [1.54, 1.807) is 24.1 Å². The predicted molar refractivity (Wildman–Crippen MR) is 166 cm³/mol. The van der Waals surface area contributed by atoms with Crippen LogP contribution >= 0.6 is 35.0 Å². The minimum Gasteiger partial charge on any atom is -0.493 e. The fourth-order valence-corrected chi connectivity index (χ4v) is 5.50. The van der Waals surface area contributed by atoms with Gasteiger partial charge >= 0.3 is 0 Å². The van der Waals surface area contributed by atoms with Gasteiger partial charge in [0.15, 0.2) is 16.7 Å². The number of anilines is 1. The topological polar surface area (TPSA) is 51.1 Å². The molecule has 202 valence electrons. The SMILES string of the molecule is COc1cc(/C=C2\SC(=Nc3ccc(C)cc3)N(c3ccc(C)cc3)C2=O)ccc1OCc1ccc(Cl)cc1Cl. The second kappa shape index (κ2) is 12.2. The van der Waals surface area contributed by atoms with Gasteiger partial charge in [-0.05, 0) is 85.8 Å². The molecular weight excluding hydrogens is 563 g/mol. The number of methoxy groups -OCH3 is 1. The van der Waals surface area contributed by atoms with Crippen LogP contribution in [0.15, 0.2) is 94.8 Å². The normalized spacial score (nSPS) is 15.2. The molecule has 5 rings (SSSR count). The maximum Gasteiger partial charge on any atom is 0.271 e. The first-order valence-corrected chi connectivity index (χ1v) is 14.1. The zero-order valence-electron chi connectivity index (χ0n) is 22.2. The molecule has 0 saturated carbocycles. The van der Waals surface area contributed by atoms with Crippen molar-refractivity contribution < 1.29 is 14.3 Å².